The van der Waals surface area contributed by atoms with E-state index in [4.69, 9.17) is 19.6 Å². The Bertz CT molecular complexity index is 1260. The van der Waals surface area contributed by atoms with E-state index < -0.39 is 17.6 Å². The molecule has 0 radical (unpaired) electrons. The largest absolute Gasteiger partial charge is 0.497 e. The third-order valence-corrected chi connectivity index (χ3v) is 4.99. The van der Waals surface area contributed by atoms with Gasteiger partial charge in [0.05, 0.1) is 7.11 Å². The van der Waals surface area contributed by atoms with Crippen molar-refractivity contribution in [3.63, 3.8) is 0 Å². The topological polar surface area (TPSA) is 91.8 Å². The molecule has 4 rings (SSSR count). The summed E-state index contributed by atoms with van der Waals surface area (Å²) in [6.07, 6.45) is 0.372. The second-order valence-corrected chi connectivity index (χ2v) is 7.02. The highest BCUT2D eigenvalue weighted by molar-refractivity contribution is 6.07. The van der Waals surface area contributed by atoms with Gasteiger partial charge in [0.15, 0.2) is 0 Å². The molecule has 6 nitrogen and oxygen atoms in total. The molecule has 1 atom stereocenters. The maximum absolute atomic E-state index is 12.4. The zero-order valence-corrected chi connectivity index (χ0v) is 16.5. The van der Waals surface area contributed by atoms with Crippen LogP contribution in [0.3, 0.4) is 0 Å². The molecule has 30 heavy (non-hydrogen) atoms. The van der Waals surface area contributed by atoms with Crippen molar-refractivity contribution in [3.05, 3.63) is 88.3 Å². The lowest BCUT2D eigenvalue weighted by Crippen LogP contribution is -2.34. The predicted molar refractivity (Wildman–Crippen MR) is 114 cm³/mol. The lowest BCUT2D eigenvalue weighted by atomic mass is 10.0. The van der Waals surface area contributed by atoms with Gasteiger partial charge < -0.3 is 19.6 Å². The first-order valence-electron chi connectivity index (χ1n) is 9.55. The van der Waals surface area contributed by atoms with Gasteiger partial charge in [-0.05, 0) is 41.0 Å². The van der Waals surface area contributed by atoms with Gasteiger partial charge in [0, 0.05) is 17.0 Å². The highest BCUT2D eigenvalue weighted by Crippen LogP contribution is 2.30. The molecular formula is C24H21NO5. The zero-order valence-electron chi connectivity index (χ0n) is 16.5. The van der Waals surface area contributed by atoms with Crippen LogP contribution in [0.4, 0.5) is 0 Å². The van der Waals surface area contributed by atoms with Crippen molar-refractivity contribution >= 4 is 27.7 Å². The van der Waals surface area contributed by atoms with E-state index in [0.717, 1.165) is 16.3 Å². The molecule has 1 aromatic heterocycles. The maximum atomic E-state index is 12.4. The van der Waals surface area contributed by atoms with E-state index in [0.29, 0.717) is 28.7 Å². The van der Waals surface area contributed by atoms with Crippen LogP contribution in [0, 0.1) is 0 Å². The number of hydrogen-bond donors (Lipinski definition) is 1. The molecule has 0 bridgehead atoms. The van der Waals surface area contributed by atoms with Gasteiger partial charge in [-0.25, -0.2) is 4.79 Å². The van der Waals surface area contributed by atoms with Gasteiger partial charge in [-0.15, -0.1) is 0 Å². The van der Waals surface area contributed by atoms with Gasteiger partial charge in [0.25, 0.3) is 0 Å². The Hall–Kier alpha value is -3.64. The average Bonchev–Trinajstić information content (AvgIpc) is 2.76. The second-order valence-electron chi connectivity index (χ2n) is 7.02. The summed E-state index contributed by atoms with van der Waals surface area (Å²) in [6.45, 7) is -0.0836. The Morgan fingerprint density at radius 1 is 1.07 bits per heavy atom. The molecule has 0 aliphatic heterocycles. The molecule has 1 heterocycles. The number of hydrogen-bond acceptors (Lipinski definition) is 6. The first-order chi connectivity index (χ1) is 14.5. The van der Waals surface area contributed by atoms with Crippen LogP contribution in [0.1, 0.15) is 11.1 Å². The lowest BCUT2D eigenvalue weighted by molar-refractivity contribution is -0.146. The molecule has 2 N–H and O–H groups in total. The Kier molecular flexibility index (Phi) is 5.50. The number of methoxy groups -OCH3 is 1. The summed E-state index contributed by atoms with van der Waals surface area (Å²) in [5, 5.41) is 2.50. The number of ether oxygens (including phenoxy) is 2. The van der Waals surface area contributed by atoms with Gasteiger partial charge in [0.2, 0.25) is 0 Å². The predicted octanol–water partition coefficient (Wildman–Crippen LogP) is 3.57. The van der Waals surface area contributed by atoms with Gasteiger partial charge in [-0.2, -0.15) is 0 Å². The fourth-order valence-electron chi connectivity index (χ4n) is 3.50. The molecule has 0 amide bonds. The SMILES string of the molecule is COc1ccc2ccc3oc(=O)cc(COC(=O)[C@@H](N)Cc4ccccc4)c3c2c1. The maximum Gasteiger partial charge on any atom is 0.336 e. The normalized spacial score (nSPS) is 12.1. The molecule has 6 heteroatoms. The van der Waals surface area contributed by atoms with Crippen molar-refractivity contribution in [1.82, 2.24) is 0 Å². The van der Waals surface area contributed by atoms with Crippen LogP contribution >= 0.6 is 0 Å². The highest BCUT2D eigenvalue weighted by Gasteiger charge is 2.18. The van der Waals surface area contributed by atoms with Gasteiger partial charge in [-0.1, -0.05) is 42.5 Å². The summed E-state index contributed by atoms with van der Waals surface area (Å²) in [6, 6.07) is 19.3. The molecule has 0 saturated carbocycles. The minimum absolute atomic E-state index is 0.0836. The molecule has 152 valence electrons. The number of benzene rings is 3. The molecule has 3 aromatic carbocycles. The van der Waals surface area contributed by atoms with Crippen LogP contribution in [0.25, 0.3) is 21.7 Å². The molecule has 0 saturated heterocycles. The molecule has 0 fully saturated rings. The highest BCUT2D eigenvalue weighted by atomic mass is 16.5. The van der Waals surface area contributed by atoms with Crippen molar-refractivity contribution in [2.24, 2.45) is 5.73 Å². The quantitative estimate of drug-likeness (QED) is 0.301. The smallest absolute Gasteiger partial charge is 0.336 e. The number of esters is 1. The summed E-state index contributed by atoms with van der Waals surface area (Å²) >= 11 is 0. The van der Waals surface area contributed by atoms with Crippen molar-refractivity contribution in [2.75, 3.05) is 7.11 Å². The summed E-state index contributed by atoms with van der Waals surface area (Å²) in [5.41, 5.74) is 7.43. The summed E-state index contributed by atoms with van der Waals surface area (Å²) in [5.74, 6) is 0.145. The Morgan fingerprint density at radius 2 is 1.83 bits per heavy atom. The van der Waals surface area contributed by atoms with E-state index in [2.05, 4.69) is 0 Å². The number of nitrogens with two attached hydrogens (primary N) is 1. The minimum atomic E-state index is -0.796. The fraction of sp³-hybridized carbons (Fsp3) is 0.167. The van der Waals surface area contributed by atoms with Gasteiger partial charge in [0.1, 0.15) is 24.0 Å². The molecular weight excluding hydrogens is 382 g/mol. The zero-order chi connectivity index (χ0) is 21.1. The third-order valence-electron chi connectivity index (χ3n) is 4.99. The van der Waals surface area contributed by atoms with Gasteiger partial charge >= 0.3 is 11.6 Å². The average molecular weight is 403 g/mol. The second kappa shape index (κ2) is 8.39. The fourth-order valence-corrected chi connectivity index (χ4v) is 3.50. The van der Waals surface area contributed by atoms with Crippen LogP contribution in [-0.4, -0.2) is 19.1 Å². The van der Waals surface area contributed by atoms with E-state index in [1.807, 2.05) is 54.6 Å². The first kappa shape index (κ1) is 19.7. The van der Waals surface area contributed by atoms with E-state index in [1.165, 1.54) is 6.07 Å². The Balaban J connectivity index is 1.64. The van der Waals surface area contributed by atoms with E-state index in [9.17, 15) is 9.59 Å². The van der Waals surface area contributed by atoms with Crippen LogP contribution in [0.2, 0.25) is 0 Å². The molecule has 4 aromatic rings. The van der Waals surface area contributed by atoms with Crippen molar-refractivity contribution in [3.8, 4) is 5.75 Å². The Morgan fingerprint density at radius 3 is 2.60 bits per heavy atom. The Labute approximate surface area is 172 Å². The summed E-state index contributed by atoms with van der Waals surface area (Å²) < 4.78 is 16.1. The summed E-state index contributed by atoms with van der Waals surface area (Å²) in [7, 11) is 1.59. The standard InChI is InChI=1S/C24H21NO5/c1-28-18-9-7-16-8-10-21-23(19(16)13-18)17(12-22(26)30-21)14-29-24(27)20(25)11-15-5-3-2-4-6-15/h2-10,12-13,20H,11,14,25H2,1H3/t20-/m0/s1. The molecule has 0 aliphatic carbocycles. The molecule has 0 unspecified atom stereocenters. The molecule has 0 aliphatic rings. The van der Waals surface area contributed by atoms with Crippen molar-refractivity contribution < 1.29 is 18.7 Å². The monoisotopic (exact) mass is 403 g/mol. The van der Waals surface area contributed by atoms with Crippen LogP contribution in [-0.2, 0) is 22.6 Å². The van der Waals surface area contributed by atoms with E-state index in [1.54, 1.807) is 13.2 Å². The minimum Gasteiger partial charge on any atom is -0.497 e. The van der Waals surface area contributed by atoms with Crippen molar-refractivity contribution in [1.29, 1.82) is 0 Å². The van der Waals surface area contributed by atoms with E-state index >= 15 is 0 Å². The molecule has 0 spiro atoms. The number of carbonyl (C=O) groups excluding carboxylic acids is 1. The number of carbonyl (C=O) groups is 1. The number of rotatable bonds is 6. The lowest BCUT2D eigenvalue weighted by Gasteiger charge is -2.13. The number of fused-ring (bicyclic) bond motifs is 3. The van der Waals surface area contributed by atoms with E-state index in [-0.39, 0.29) is 6.61 Å². The third kappa shape index (κ3) is 4.04. The van der Waals surface area contributed by atoms with Crippen LogP contribution in [0.15, 0.2) is 75.9 Å². The van der Waals surface area contributed by atoms with Crippen LogP contribution in [0.5, 0.6) is 5.75 Å². The summed E-state index contributed by atoms with van der Waals surface area (Å²) in [4.78, 5) is 24.5. The first-order valence-corrected chi connectivity index (χ1v) is 9.55. The van der Waals surface area contributed by atoms with Crippen LogP contribution < -0.4 is 16.1 Å². The van der Waals surface area contributed by atoms with Crippen molar-refractivity contribution in [2.45, 2.75) is 19.1 Å². The van der Waals surface area contributed by atoms with Gasteiger partial charge in [-0.3, -0.25) is 4.79 Å².